The number of nitrogens with zero attached hydrogens (tertiary/aromatic N) is 2. The first-order valence-electron chi connectivity index (χ1n) is 9.52. The summed E-state index contributed by atoms with van der Waals surface area (Å²) in [5.41, 5.74) is 2.45. The Morgan fingerprint density at radius 1 is 0.968 bits per heavy atom. The van der Waals surface area contributed by atoms with Gasteiger partial charge >= 0.3 is 0 Å². The standard InChI is InChI=1S/C24H18BrN3O3/c25-18-9-11-21(12-10-18)28(16-20-6-1-2-13-26-20)24(30)17-5-3-7-19(15-17)27-23(29)22-8-4-14-31-22/h1-15H,16H2,(H,27,29). The fraction of sp³-hybridized carbons (Fsp3) is 0.0417. The van der Waals surface area contributed by atoms with E-state index in [1.165, 1.54) is 6.26 Å². The van der Waals surface area contributed by atoms with E-state index in [2.05, 4.69) is 26.2 Å². The molecule has 7 heteroatoms. The van der Waals surface area contributed by atoms with Gasteiger partial charge < -0.3 is 14.6 Å². The van der Waals surface area contributed by atoms with Crippen molar-refractivity contribution in [1.29, 1.82) is 0 Å². The van der Waals surface area contributed by atoms with Crippen LogP contribution in [-0.4, -0.2) is 16.8 Å². The number of aromatic nitrogens is 1. The number of carbonyl (C=O) groups excluding carboxylic acids is 2. The lowest BCUT2D eigenvalue weighted by Gasteiger charge is -2.23. The van der Waals surface area contributed by atoms with E-state index in [0.29, 0.717) is 17.8 Å². The molecule has 0 fully saturated rings. The van der Waals surface area contributed by atoms with Crippen LogP contribution in [0.4, 0.5) is 11.4 Å². The zero-order valence-electron chi connectivity index (χ0n) is 16.4. The third kappa shape index (κ3) is 5.07. The van der Waals surface area contributed by atoms with Crippen molar-refractivity contribution in [3.63, 3.8) is 0 Å². The molecule has 6 nitrogen and oxygen atoms in total. The fourth-order valence-electron chi connectivity index (χ4n) is 3.04. The van der Waals surface area contributed by atoms with Gasteiger partial charge in [0.15, 0.2) is 5.76 Å². The smallest absolute Gasteiger partial charge is 0.291 e. The van der Waals surface area contributed by atoms with Gasteiger partial charge in [-0.25, -0.2) is 0 Å². The fourth-order valence-corrected chi connectivity index (χ4v) is 3.31. The number of benzene rings is 2. The predicted octanol–water partition coefficient (Wildman–Crippen LogP) is 5.54. The number of amides is 2. The third-order valence-corrected chi connectivity index (χ3v) is 5.07. The minimum atomic E-state index is -0.382. The number of hydrogen-bond donors (Lipinski definition) is 1. The molecule has 0 radical (unpaired) electrons. The van der Waals surface area contributed by atoms with Gasteiger partial charge in [-0.05, 0) is 66.7 Å². The number of nitrogens with one attached hydrogen (secondary N) is 1. The van der Waals surface area contributed by atoms with E-state index in [9.17, 15) is 9.59 Å². The molecule has 2 heterocycles. The minimum Gasteiger partial charge on any atom is -0.459 e. The van der Waals surface area contributed by atoms with Gasteiger partial charge in [0.05, 0.1) is 18.5 Å². The molecule has 0 aliphatic rings. The number of pyridine rings is 1. The molecule has 2 aromatic carbocycles. The van der Waals surface area contributed by atoms with Crippen LogP contribution >= 0.6 is 15.9 Å². The van der Waals surface area contributed by atoms with Crippen LogP contribution in [0.5, 0.6) is 0 Å². The number of hydrogen-bond acceptors (Lipinski definition) is 4. The molecule has 31 heavy (non-hydrogen) atoms. The summed E-state index contributed by atoms with van der Waals surface area (Å²) < 4.78 is 6.04. The molecule has 0 saturated carbocycles. The van der Waals surface area contributed by atoms with E-state index >= 15 is 0 Å². The first-order valence-corrected chi connectivity index (χ1v) is 10.3. The molecular formula is C24H18BrN3O3. The lowest BCUT2D eigenvalue weighted by atomic mass is 10.1. The monoisotopic (exact) mass is 475 g/mol. The Kier molecular flexibility index (Phi) is 6.24. The molecule has 0 atom stereocenters. The van der Waals surface area contributed by atoms with E-state index in [4.69, 9.17) is 4.42 Å². The van der Waals surface area contributed by atoms with E-state index in [1.54, 1.807) is 47.5 Å². The molecule has 2 aromatic heterocycles. The Morgan fingerprint density at radius 3 is 2.52 bits per heavy atom. The SMILES string of the molecule is O=C(Nc1cccc(C(=O)N(Cc2ccccn2)c2ccc(Br)cc2)c1)c1ccco1. The highest BCUT2D eigenvalue weighted by atomic mass is 79.9. The number of carbonyl (C=O) groups is 2. The van der Waals surface area contributed by atoms with Crippen molar-refractivity contribution in [3.8, 4) is 0 Å². The quantitative estimate of drug-likeness (QED) is 0.397. The highest BCUT2D eigenvalue weighted by molar-refractivity contribution is 9.10. The second-order valence-corrected chi connectivity index (χ2v) is 7.62. The Bertz CT molecular complexity index is 1180. The van der Waals surface area contributed by atoms with Crippen molar-refractivity contribution < 1.29 is 14.0 Å². The Hall–Kier alpha value is -3.71. The second-order valence-electron chi connectivity index (χ2n) is 6.70. The number of halogens is 1. The Morgan fingerprint density at radius 2 is 1.81 bits per heavy atom. The zero-order valence-corrected chi connectivity index (χ0v) is 18.0. The maximum atomic E-state index is 13.5. The maximum Gasteiger partial charge on any atom is 0.291 e. The van der Waals surface area contributed by atoms with Crippen LogP contribution in [0.3, 0.4) is 0 Å². The molecule has 154 valence electrons. The molecule has 0 unspecified atom stereocenters. The summed E-state index contributed by atoms with van der Waals surface area (Å²) in [6, 6.07) is 23.1. The molecule has 0 saturated heterocycles. The van der Waals surface area contributed by atoms with Crippen molar-refractivity contribution in [1.82, 2.24) is 4.98 Å². The van der Waals surface area contributed by atoms with E-state index in [-0.39, 0.29) is 17.6 Å². The summed E-state index contributed by atoms with van der Waals surface area (Å²) in [6.45, 7) is 0.310. The van der Waals surface area contributed by atoms with Crippen LogP contribution in [0.1, 0.15) is 26.6 Å². The van der Waals surface area contributed by atoms with Gasteiger partial charge in [0.25, 0.3) is 11.8 Å². The lowest BCUT2D eigenvalue weighted by molar-refractivity contribution is 0.0979. The summed E-state index contributed by atoms with van der Waals surface area (Å²) in [4.78, 5) is 31.7. The van der Waals surface area contributed by atoms with Crippen LogP contribution in [0.2, 0.25) is 0 Å². The van der Waals surface area contributed by atoms with E-state index in [1.807, 2.05) is 42.5 Å². The molecule has 0 aliphatic carbocycles. The predicted molar refractivity (Wildman–Crippen MR) is 122 cm³/mol. The molecule has 0 aliphatic heterocycles. The van der Waals surface area contributed by atoms with Gasteiger partial charge in [-0.3, -0.25) is 14.6 Å². The molecule has 4 aromatic rings. The van der Waals surface area contributed by atoms with E-state index < -0.39 is 0 Å². The van der Waals surface area contributed by atoms with Crippen molar-refractivity contribution in [2.24, 2.45) is 0 Å². The number of anilines is 2. The summed E-state index contributed by atoms with van der Waals surface area (Å²) in [6.07, 6.45) is 3.13. The number of furan rings is 1. The van der Waals surface area contributed by atoms with Crippen molar-refractivity contribution in [2.75, 3.05) is 10.2 Å². The summed E-state index contributed by atoms with van der Waals surface area (Å²) in [5, 5.41) is 2.75. The highest BCUT2D eigenvalue weighted by Gasteiger charge is 2.20. The van der Waals surface area contributed by atoms with Crippen LogP contribution in [-0.2, 0) is 6.54 Å². The molecule has 0 bridgehead atoms. The third-order valence-electron chi connectivity index (χ3n) is 4.54. The lowest BCUT2D eigenvalue weighted by Crippen LogP contribution is -2.30. The average molecular weight is 476 g/mol. The van der Waals surface area contributed by atoms with Crippen molar-refractivity contribution >= 4 is 39.1 Å². The molecule has 1 N–H and O–H groups in total. The first-order chi connectivity index (χ1) is 15.1. The number of rotatable bonds is 6. The van der Waals surface area contributed by atoms with Crippen LogP contribution in [0, 0.1) is 0 Å². The summed E-state index contributed by atoms with van der Waals surface area (Å²) in [7, 11) is 0. The van der Waals surface area contributed by atoms with Crippen molar-refractivity contribution in [3.05, 3.63) is 113 Å². The molecule has 2 amide bonds. The topological polar surface area (TPSA) is 75.4 Å². The van der Waals surface area contributed by atoms with Gasteiger partial charge in [0, 0.05) is 27.6 Å². The Balaban J connectivity index is 1.61. The summed E-state index contributed by atoms with van der Waals surface area (Å²) in [5.74, 6) is -0.390. The van der Waals surface area contributed by atoms with Crippen molar-refractivity contribution in [2.45, 2.75) is 6.54 Å². The minimum absolute atomic E-state index is 0.198. The summed E-state index contributed by atoms with van der Waals surface area (Å²) >= 11 is 3.43. The van der Waals surface area contributed by atoms with Crippen LogP contribution in [0.25, 0.3) is 0 Å². The van der Waals surface area contributed by atoms with Crippen LogP contribution in [0.15, 0.2) is 100 Å². The van der Waals surface area contributed by atoms with E-state index in [0.717, 1.165) is 15.9 Å². The Labute approximate surface area is 187 Å². The first kappa shape index (κ1) is 20.6. The second kappa shape index (κ2) is 9.40. The largest absolute Gasteiger partial charge is 0.459 e. The molecular weight excluding hydrogens is 458 g/mol. The highest BCUT2D eigenvalue weighted by Crippen LogP contribution is 2.23. The van der Waals surface area contributed by atoms with Gasteiger partial charge in [0.2, 0.25) is 0 Å². The molecule has 0 spiro atoms. The van der Waals surface area contributed by atoms with Gasteiger partial charge in [-0.1, -0.05) is 28.1 Å². The van der Waals surface area contributed by atoms with Gasteiger partial charge in [0.1, 0.15) is 0 Å². The van der Waals surface area contributed by atoms with Crippen LogP contribution < -0.4 is 10.2 Å². The van der Waals surface area contributed by atoms with Gasteiger partial charge in [-0.15, -0.1) is 0 Å². The normalized spacial score (nSPS) is 10.5. The molecule has 4 rings (SSSR count). The van der Waals surface area contributed by atoms with Gasteiger partial charge in [-0.2, -0.15) is 0 Å². The maximum absolute atomic E-state index is 13.5. The zero-order chi connectivity index (χ0) is 21.6. The average Bonchev–Trinajstić information content (AvgIpc) is 3.34.